The van der Waals surface area contributed by atoms with E-state index in [4.69, 9.17) is 19.4 Å². The van der Waals surface area contributed by atoms with Gasteiger partial charge in [0.25, 0.3) is 0 Å². The maximum atomic E-state index is 11.7. The number of carboxylic acids is 1. The molecule has 1 atom stereocenters. The van der Waals surface area contributed by atoms with Crippen LogP contribution in [0.2, 0.25) is 0 Å². The minimum absolute atomic E-state index is 0.172. The summed E-state index contributed by atoms with van der Waals surface area (Å²) in [5, 5.41) is 7.12. The van der Waals surface area contributed by atoms with Crippen molar-refractivity contribution in [2.75, 3.05) is 32.6 Å². The van der Waals surface area contributed by atoms with Gasteiger partial charge in [-0.15, -0.1) is 0 Å². The first-order chi connectivity index (χ1) is 13.9. The predicted molar refractivity (Wildman–Crippen MR) is 100 cm³/mol. The molecule has 0 radical (unpaired) electrons. The smallest absolute Gasteiger partial charge is 0.478 e. The number of rotatable bonds is 5. The van der Waals surface area contributed by atoms with Gasteiger partial charge in [-0.25, -0.2) is 22.5 Å². The number of hydrogen-bond acceptors (Lipinski definition) is 6. The third kappa shape index (κ3) is 6.81. The maximum absolute atomic E-state index is 11.7. The van der Waals surface area contributed by atoms with Crippen LogP contribution in [0.15, 0.2) is 24.4 Å². The van der Waals surface area contributed by atoms with Gasteiger partial charge in [-0.05, 0) is 37.7 Å². The zero-order valence-electron chi connectivity index (χ0n) is 16.5. The molecule has 0 saturated carbocycles. The fourth-order valence-corrected chi connectivity index (χ4v) is 4.53. The minimum Gasteiger partial charge on any atom is -0.478 e. The summed E-state index contributed by atoms with van der Waals surface area (Å²) in [4.78, 5) is 13.1. The number of aliphatic carboxylic acids is 1. The van der Waals surface area contributed by atoms with Gasteiger partial charge in [-0.3, -0.25) is 0 Å². The van der Waals surface area contributed by atoms with Crippen LogP contribution in [0.25, 0.3) is 0 Å². The monoisotopic (exact) mass is 454 g/mol. The van der Waals surface area contributed by atoms with Crippen LogP contribution < -0.4 is 4.74 Å². The molecule has 1 spiro atoms. The molecule has 3 heterocycles. The summed E-state index contributed by atoms with van der Waals surface area (Å²) in [6.45, 7) is 2.47. The van der Waals surface area contributed by atoms with Crippen LogP contribution >= 0.6 is 0 Å². The quantitative estimate of drug-likeness (QED) is 0.728. The molecule has 0 aromatic carbocycles. The lowest BCUT2D eigenvalue weighted by molar-refractivity contribution is -0.192. The second-order valence-corrected chi connectivity index (χ2v) is 9.15. The molecule has 0 amide bonds. The van der Waals surface area contributed by atoms with Crippen LogP contribution in [0.5, 0.6) is 5.88 Å². The number of carbonyl (C=O) groups is 1. The molecular formula is C18H25F3N2O6S. The van der Waals surface area contributed by atoms with Crippen LogP contribution in [0.4, 0.5) is 13.2 Å². The van der Waals surface area contributed by atoms with Crippen molar-refractivity contribution in [2.45, 2.75) is 37.5 Å². The molecule has 2 aliphatic heterocycles. The van der Waals surface area contributed by atoms with Crippen molar-refractivity contribution >= 4 is 16.0 Å². The number of piperidine rings is 1. The highest BCUT2D eigenvalue weighted by Gasteiger charge is 2.46. The molecule has 2 aliphatic rings. The SMILES string of the molecule is CS(=O)(=O)N1CCC2(CC1)OCCC2CCOc1ccccn1.O=C(O)C(F)(F)F. The second kappa shape index (κ2) is 9.92. The molecule has 1 aromatic rings. The zero-order chi connectivity index (χ0) is 22.4. The third-order valence-electron chi connectivity index (χ3n) is 5.23. The Morgan fingerprint density at radius 1 is 1.37 bits per heavy atom. The standard InChI is InChI=1S/C16H24N2O4S.C2HF3O2/c1-23(19,20)18-10-7-16(8-11-18)14(6-13-22-16)5-12-21-15-4-2-3-9-17-15;3-2(4,5)1(6)7/h2-4,9,14H,5-8,10-13H2,1H3;(H,6,7). The second-order valence-electron chi connectivity index (χ2n) is 7.17. The van der Waals surface area contributed by atoms with Gasteiger partial charge >= 0.3 is 12.1 Å². The Kier molecular flexibility index (Phi) is 8.06. The highest BCUT2D eigenvalue weighted by molar-refractivity contribution is 7.88. The van der Waals surface area contributed by atoms with Crippen LogP contribution in [0, 0.1) is 5.92 Å². The molecule has 0 bridgehead atoms. The first-order valence-corrected chi connectivity index (χ1v) is 11.2. The van der Waals surface area contributed by atoms with E-state index in [9.17, 15) is 21.6 Å². The maximum Gasteiger partial charge on any atom is 0.490 e. The fourth-order valence-electron chi connectivity index (χ4n) is 3.68. The Bertz CT molecular complexity index is 796. The van der Waals surface area contributed by atoms with E-state index >= 15 is 0 Å². The molecule has 2 saturated heterocycles. The summed E-state index contributed by atoms with van der Waals surface area (Å²) in [7, 11) is -3.10. The number of halogens is 3. The molecule has 1 aromatic heterocycles. The Labute approximate surface area is 173 Å². The fraction of sp³-hybridized carbons (Fsp3) is 0.667. The topological polar surface area (TPSA) is 106 Å². The molecule has 1 unspecified atom stereocenters. The van der Waals surface area contributed by atoms with E-state index in [1.54, 1.807) is 10.5 Å². The number of sulfonamides is 1. The summed E-state index contributed by atoms with van der Waals surface area (Å²) in [5.41, 5.74) is -0.172. The largest absolute Gasteiger partial charge is 0.490 e. The van der Waals surface area contributed by atoms with E-state index in [-0.39, 0.29) is 5.60 Å². The van der Waals surface area contributed by atoms with E-state index in [2.05, 4.69) is 4.98 Å². The van der Waals surface area contributed by atoms with E-state index < -0.39 is 22.2 Å². The van der Waals surface area contributed by atoms with Gasteiger partial charge in [0, 0.05) is 32.0 Å². The zero-order valence-corrected chi connectivity index (χ0v) is 17.3. The average molecular weight is 454 g/mol. The number of hydrogen-bond donors (Lipinski definition) is 1. The van der Waals surface area contributed by atoms with Crippen molar-refractivity contribution in [3.8, 4) is 5.88 Å². The van der Waals surface area contributed by atoms with Crippen LogP contribution in [-0.4, -0.2) is 73.1 Å². The molecular weight excluding hydrogens is 429 g/mol. The van der Waals surface area contributed by atoms with E-state index in [0.29, 0.717) is 31.5 Å². The lowest BCUT2D eigenvalue weighted by atomic mass is 9.78. The minimum atomic E-state index is -5.08. The normalized spacial score (nSPS) is 21.7. The molecule has 8 nitrogen and oxygen atoms in total. The Hall–Kier alpha value is -1.92. The van der Waals surface area contributed by atoms with Crippen LogP contribution in [-0.2, 0) is 19.6 Å². The number of ether oxygens (including phenoxy) is 2. The first kappa shape index (κ1) is 24.4. The van der Waals surface area contributed by atoms with Gasteiger partial charge in [-0.2, -0.15) is 13.2 Å². The third-order valence-corrected chi connectivity index (χ3v) is 6.54. The van der Waals surface area contributed by atoms with Gasteiger partial charge < -0.3 is 14.6 Å². The lowest BCUT2D eigenvalue weighted by Gasteiger charge is -2.41. The van der Waals surface area contributed by atoms with Gasteiger partial charge in [-0.1, -0.05) is 6.07 Å². The Balaban J connectivity index is 0.000000396. The van der Waals surface area contributed by atoms with Crippen molar-refractivity contribution in [1.82, 2.24) is 9.29 Å². The van der Waals surface area contributed by atoms with Gasteiger partial charge in [0.05, 0.1) is 18.5 Å². The molecule has 2 fully saturated rings. The average Bonchev–Trinajstić information content (AvgIpc) is 3.04. The number of pyridine rings is 1. The highest BCUT2D eigenvalue weighted by atomic mass is 32.2. The van der Waals surface area contributed by atoms with Crippen molar-refractivity contribution in [1.29, 1.82) is 0 Å². The van der Waals surface area contributed by atoms with E-state index in [0.717, 1.165) is 32.3 Å². The Morgan fingerprint density at radius 3 is 2.50 bits per heavy atom. The van der Waals surface area contributed by atoms with E-state index in [1.807, 2.05) is 18.2 Å². The van der Waals surface area contributed by atoms with Crippen molar-refractivity contribution in [2.24, 2.45) is 5.92 Å². The Morgan fingerprint density at radius 2 is 2.00 bits per heavy atom. The van der Waals surface area contributed by atoms with E-state index in [1.165, 1.54) is 6.26 Å². The van der Waals surface area contributed by atoms with Gasteiger partial charge in [0.2, 0.25) is 15.9 Å². The molecule has 0 aliphatic carbocycles. The summed E-state index contributed by atoms with van der Waals surface area (Å²) in [5.74, 6) is -1.69. The number of aromatic nitrogens is 1. The van der Waals surface area contributed by atoms with Gasteiger partial charge in [0.15, 0.2) is 0 Å². The lowest BCUT2D eigenvalue weighted by Crippen LogP contribution is -2.49. The predicted octanol–water partition coefficient (Wildman–Crippen LogP) is 2.31. The van der Waals surface area contributed by atoms with Crippen molar-refractivity contribution in [3.05, 3.63) is 24.4 Å². The van der Waals surface area contributed by atoms with Gasteiger partial charge in [0.1, 0.15) is 0 Å². The molecule has 30 heavy (non-hydrogen) atoms. The van der Waals surface area contributed by atoms with Crippen molar-refractivity contribution < 1.29 is 41.0 Å². The summed E-state index contributed by atoms with van der Waals surface area (Å²) < 4.78 is 68.4. The van der Waals surface area contributed by atoms with Crippen LogP contribution in [0.1, 0.15) is 25.7 Å². The summed E-state index contributed by atoms with van der Waals surface area (Å²) in [6.07, 6.45) is 1.39. The van der Waals surface area contributed by atoms with Crippen molar-refractivity contribution in [3.63, 3.8) is 0 Å². The molecule has 12 heteroatoms. The van der Waals surface area contributed by atoms with Crippen LogP contribution in [0.3, 0.4) is 0 Å². The first-order valence-electron chi connectivity index (χ1n) is 9.37. The number of alkyl halides is 3. The molecule has 170 valence electrons. The number of carboxylic acid groups (broad SMARTS) is 1. The number of nitrogens with zero attached hydrogens (tertiary/aromatic N) is 2. The molecule has 3 rings (SSSR count). The molecule has 1 N–H and O–H groups in total. The summed E-state index contributed by atoms with van der Waals surface area (Å²) >= 11 is 0. The highest BCUT2D eigenvalue weighted by Crippen LogP contribution is 2.42. The summed E-state index contributed by atoms with van der Waals surface area (Å²) in [6, 6.07) is 5.62.